The fourth-order valence-electron chi connectivity index (χ4n) is 1.68. The Labute approximate surface area is 115 Å². The summed E-state index contributed by atoms with van der Waals surface area (Å²) in [5, 5.41) is 13.5. The van der Waals surface area contributed by atoms with Gasteiger partial charge in [-0.15, -0.1) is 0 Å². The maximum Gasteiger partial charge on any atom is 0.274 e. The molecule has 1 amide bonds. The van der Waals surface area contributed by atoms with E-state index in [0.717, 1.165) is 0 Å². The Morgan fingerprint density at radius 1 is 1.10 bits per heavy atom. The number of para-hydroxylation sites is 1. The molecule has 0 spiro atoms. The van der Waals surface area contributed by atoms with E-state index in [1.807, 2.05) is 0 Å². The van der Waals surface area contributed by atoms with Crippen LogP contribution in [0.15, 0.2) is 53.6 Å². The molecule has 0 saturated heterocycles. The third-order valence-corrected chi connectivity index (χ3v) is 2.74. The number of aromatic hydroxyl groups is 1. The first-order chi connectivity index (χ1) is 9.59. The maximum absolute atomic E-state index is 13.4. The molecule has 0 heterocycles. The van der Waals surface area contributed by atoms with E-state index in [-0.39, 0.29) is 11.3 Å². The van der Waals surface area contributed by atoms with Gasteiger partial charge >= 0.3 is 0 Å². The number of hydrogen-bond acceptors (Lipinski definition) is 3. The lowest BCUT2D eigenvalue weighted by Gasteiger charge is -2.05. The zero-order valence-corrected chi connectivity index (χ0v) is 10.8. The summed E-state index contributed by atoms with van der Waals surface area (Å²) in [6.45, 7) is 1.64. The lowest BCUT2D eigenvalue weighted by Crippen LogP contribution is -2.20. The standard InChI is InChI=1S/C15H13FN2O2/c1-10(11-6-3-5-9-14(11)19)17-18-15(20)12-7-2-4-8-13(12)16/h2-9,19H,1H3,(H,18,20)/b17-10-. The average Bonchev–Trinajstić information content (AvgIpc) is 2.45. The molecule has 0 aliphatic carbocycles. The topological polar surface area (TPSA) is 61.7 Å². The van der Waals surface area contributed by atoms with Gasteiger partial charge in [-0.2, -0.15) is 5.10 Å². The van der Waals surface area contributed by atoms with Gasteiger partial charge in [0.05, 0.1) is 11.3 Å². The van der Waals surface area contributed by atoms with Crippen molar-refractivity contribution in [3.8, 4) is 5.75 Å². The van der Waals surface area contributed by atoms with E-state index in [1.165, 1.54) is 24.3 Å². The number of phenols is 1. The number of hydrogen-bond donors (Lipinski definition) is 2. The van der Waals surface area contributed by atoms with Crippen LogP contribution in [-0.2, 0) is 0 Å². The number of halogens is 1. The number of rotatable bonds is 3. The van der Waals surface area contributed by atoms with Crippen molar-refractivity contribution in [3.05, 3.63) is 65.5 Å². The molecular formula is C15H13FN2O2. The molecule has 0 aliphatic heterocycles. The molecule has 0 fully saturated rings. The molecule has 0 unspecified atom stereocenters. The first-order valence-electron chi connectivity index (χ1n) is 5.97. The molecule has 102 valence electrons. The van der Waals surface area contributed by atoms with Crippen molar-refractivity contribution in [2.75, 3.05) is 0 Å². The van der Waals surface area contributed by atoms with E-state index in [9.17, 15) is 14.3 Å². The molecule has 4 nitrogen and oxygen atoms in total. The van der Waals surface area contributed by atoms with Crippen molar-refractivity contribution in [2.45, 2.75) is 6.92 Å². The summed E-state index contributed by atoms with van der Waals surface area (Å²) in [6.07, 6.45) is 0. The summed E-state index contributed by atoms with van der Waals surface area (Å²) < 4.78 is 13.4. The first-order valence-corrected chi connectivity index (χ1v) is 5.97. The fraction of sp³-hybridized carbons (Fsp3) is 0.0667. The summed E-state index contributed by atoms with van der Waals surface area (Å²) in [5.74, 6) is -1.19. The number of amides is 1. The SMILES string of the molecule is C/C(=N/NC(=O)c1ccccc1F)c1ccccc1O. The third kappa shape index (κ3) is 3.00. The average molecular weight is 272 g/mol. The van der Waals surface area contributed by atoms with Crippen LogP contribution < -0.4 is 5.43 Å². The van der Waals surface area contributed by atoms with Crippen LogP contribution in [-0.4, -0.2) is 16.7 Å². The second-order valence-corrected chi connectivity index (χ2v) is 4.14. The van der Waals surface area contributed by atoms with Gasteiger partial charge in [0.1, 0.15) is 11.6 Å². The lowest BCUT2D eigenvalue weighted by molar-refractivity contribution is 0.0951. The van der Waals surface area contributed by atoms with Crippen molar-refractivity contribution in [1.29, 1.82) is 0 Å². The molecule has 0 atom stereocenters. The molecule has 0 saturated carbocycles. The highest BCUT2D eigenvalue weighted by atomic mass is 19.1. The molecule has 2 aromatic carbocycles. The van der Waals surface area contributed by atoms with E-state index >= 15 is 0 Å². The largest absolute Gasteiger partial charge is 0.507 e. The number of phenolic OH excluding ortho intramolecular Hbond substituents is 1. The van der Waals surface area contributed by atoms with E-state index in [1.54, 1.807) is 31.2 Å². The molecular weight excluding hydrogens is 259 g/mol. The van der Waals surface area contributed by atoms with Gasteiger partial charge in [-0.1, -0.05) is 24.3 Å². The zero-order chi connectivity index (χ0) is 14.5. The van der Waals surface area contributed by atoms with Gasteiger partial charge in [-0.25, -0.2) is 9.82 Å². The summed E-state index contributed by atoms with van der Waals surface area (Å²) in [5.41, 5.74) is 3.11. The minimum absolute atomic E-state index is 0.0638. The molecule has 0 aliphatic rings. The number of nitrogens with zero attached hydrogens (tertiary/aromatic N) is 1. The Morgan fingerprint density at radius 2 is 1.70 bits per heavy atom. The van der Waals surface area contributed by atoms with Crippen LogP contribution >= 0.6 is 0 Å². The van der Waals surface area contributed by atoms with Gasteiger partial charge in [0, 0.05) is 5.56 Å². The van der Waals surface area contributed by atoms with Gasteiger partial charge in [0.25, 0.3) is 5.91 Å². The summed E-state index contributed by atoms with van der Waals surface area (Å²) >= 11 is 0. The molecule has 2 N–H and O–H groups in total. The number of carbonyl (C=O) groups is 1. The van der Waals surface area contributed by atoms with Gasteiger partial charge in [-0.3, -0.25) is 4.79 Å². The quantitative estimate of drug-likeness (QED) is 0.666. The predicted octanol–water partition coefficient (Wildman–Crippen LogP) is 2.69. The molecule has 20 heavy (non-hydrogen) atoms. The summed E-state index contributed by atoms with van der Waals surface area (Å²) in [6, 6.07) is 12.3. The monoisotopic (exact) mass is 272 g/mol. The second kappa shape index (κ2) is 5.97. The third-order valence-electron chi connectivity index (χ3n) is 2.74. The van der Waals surface area contributed by atoms with Crippen molar-refractivity contribution < 1.29 is 14.3 Å². The second-order valence-electron chi connectivity index (χ2n) is 4.14. The van der Waals surface area contributed by atoms with Crippen LogP contribution in [0.25, 0.3) is 0 Å². The van der Waals surface area contributed by atoms with Gasteiger partial charge in [-0.05, 0) is 31.2 Å². The van der Waals surface area contributed by atoms with E-state index in [4.69, 9.17) is 0 Å². The van der Waals surface area contributed by atoms with Crippen LogP contribution in [0.2, 0.25) is 0 Å². The number of carbonyl (C=O) groups excluding carboxylic acids is 1. The van der Waals surface area contributed by atoms with Crippen LogP contribution in [0, 0.1) is 5.82 Å². The molecule has 5 heteroatoms. The van der Waals surface area contributed by atoms with Gasteiger partial charge in [0.15, 0.2) is 0 Å². The van der Waals surface area contributed by atoms with Gasteiger partial charge in [0.2, 0.25) is 0 Å². The van der Waals surface area contributed by atoms with Crippen molar-refractivity contribution in [3.63, 3.8) is 0 Å². The van der Waals surface area contributed by atoms with Crippen LogP contribution in [0.5, 0.6) is 5.75 Å². The van der Waals surface area contributed by atoms with Crippen LogP contribution in [0.1, 0.15) is 22.8 Å². The maximum atomic E-state index is 13.4. The van der Waals surface area contributed by atoms with Crippen molar-refractivity contribution in [2.24, 2.45) is 5.10 Å². The minimum atomic E-state index is -0.641. The highest BCUT2D eigenvalue weighted by molar-refractivity contribution is 6.02. The molecule has 2 rings (SSSR count). The van der Waals surface area contributed by atoms with E-state index in [2.05, 4.69) is 10.5 Å². The van der Waals surface area contributed by atoms with Crippen molar-refractivity contribution >= 4 is 11.6 Å². The predicted molar refractivity (Wildman–Crippen MR) is 74.2 cm³/mol. The molecule has 0 bridgehead atoms. The fourth-order valence-corrected chi connectivity index (χ4v) is 1.68. The lowest BCUT2D eigenvalue weighted by atomic mass is 10.1. The summed E-state index contributed by atoms with van der Waals surface area (Å²) in [7, 11) is 0. The molecule has 2 aromatic rings. The Bertz CT molecular complexity index is 668. The number of hydrazone groups is 1. The minimum Gasteiger partial charge on any atom is -0.507 e. The Hall–Kier alpha value is -2.69. The zero-order valence-electron chi connectivity index (χ0n) is 10.8. The molecule has 0 aromatic heterocycles. The Morgan fingerprint density at radius 3 is 2.35 bits per heavy atom. The van der Waals surface area contributed by atoms with E-state index < -0.39 is 11.7 Å². The normalized spacial score (nSPS) is 11.2. The van der Waals surface area contributed by atoms with Crippen LogP contribution in [0.4, 0.5) is 4.39 Å². The molecule has 0 radical (unpaired) electrons. The van der Waals surface area contributed by atoms with Crippen LogP contribution in [0.3, 0.4) is 0 Å². The Kier molecular flexibility index (Phi) is 4.10. The first kappa shape index (κ1) is 13.7. The smallest absolute Gasteiger partial charge is 0.274 e. The highest BCUT2D eigenvalue weighted by Gasteiger charge is 2.10. The van der Waals surface area contributed by atoms with E-state index in [0.29, 0.717) is 11.3 Å². The summed E-state index contributed by atoms with van der Waals surface area (Å²) in [4.78, 5) is 11.8. The van der Waals surface area contributed by atoms with Gasteiger partial charge < -0.3 is 5.11 Å². The Balaban J connectivity index is 2.16. The highest BCUT2D eigenvalue weighted by Crippen LogP contribution is 2.16. The van der Waals surface area contributed by atoms with Crippen molar-refractivity contribution in [1.82, 2.24) is 5.43 Å². The number of nitrogens with one attached hydrogen (secondary N) is 1. The number of benzene rings is 2.